The van der Waals surface area contributed by atoms with Crippen molar-refractivity contribution in [1.82, 2.24) is 20.6 Å². The molecule has 0 bridgehead atoms. The van der Waals surface area contributed by atoms with Crippen molar-refractivity contribution in [2.24, 2.45) is 0 Å². The number of benzene rings is 2. The molecular formula is C24H22N6O2. The Bertz CT molecular complexity index is 1120. The first-order chi connectivity index (χ1) is 15.7. The maximum atomic E-state index is 12.4. The van der Waals surface area contributed by atoms with E-state index in [9.17, 15) is 9.59 Å². The smallest absolute Gasteiger partial charge is 0.319 e. The zero-order chi connectivity index (χ0) is 22.2. The third-order valence-corrected chi connectivity index (χ3v) is 4.77. The molecule has 0 aliphatic rings. The van der Waals surface area contributed by atoms with Crippen molar-refractivity contribution in [2.75, 3.05) is 10.6 Å². The van der Waals surface area contributed by atoms with E-state index in [0.29, 0.717) is 24.5 Å². The predicted octanol–water partition coefficient (Wildman–Crippen LogP) is 4.27. The molecule has 0 spiro atoms. The van der Waals surface area contributed by atoms with Gasteiger partial charge in [0.05, 0.1) is 11.4 Å². The average molecular weight is 426 g/mol. The van der Waals surface area contributed by atoms with E-state index in [1.54, 1.807) is 24.8 Å². The molecule has 2 aromatic heterocycles. The number of hydrogen-bond donors (Lipinski definition) is 4. The lowest BCUT2D eigenvalue weighted by Crippen LogP contribution is -2.28. The quantitative estimate of drug-likeness (QED) is 0.369. The third-order valence-electron chi connectivity index (χ3n) is 4.77. The van der Waals surface area contributed by atoms with E-state index in [1.165, 1.54) is 0 Å². The first-order valence-corrected chi connectivity index (χ1v) is 10.1. The minimum atomic E-state index is -0.325. The largest absolute Gasteiger partial charge is 0.334 e. The van der Waals surface area contributed by atoms with Crippen LogP contribution < -0.4 is 21.3 Å². The summed E-state index contributed by atoms with van der Waals surface area (Å²) in [6.07, 6.45) is 6.78. The number of rotatable bonds is 6. The van der Waals surface area contributed by atoms with Crippen LogP contribution in [-0.4, -0.2) is 22.0 Å². The molecule has 2 heterocycles. The summed E-state index contributed by atoms with van der Waals surface area (Å²) in [5.74, 6) is 0. The van der Waals surface area contributed by atoms with Crippen molar-refractivity contribution in [3.63, 3.8) is 0 Å². The van der Waals surface area contributed by atoms with Crippen molar-refractivity contribution in [3.8, 4) is 0 Å². The first-order valence-electron chi connectivity index (χ1n) is 10.1. The molecule has 0 saturated heterocycles. The number of aromatic nitrogens is 2. The van der Waals surface area contributed by atoms with E-state index in [-0.39, 0.29) is 12.1 Å². The Morgan fingerprint density at radius 3 is 1.50 bits per heavy atom. The van der Waals surface area contributed by atoms with Gasteiger partial charge in [0, 0.05) is 48.6 Å². The summed E-state index contributed by atoms with van der Waals surface area (Å²) in [6, 6.07) is 17.9. The molecule has 0 atom stereocenters. The highest BCUT2D eigenvalue weighted by molar-refractivity contribution is 6.08. The lowest BCUT2D eigenvalue weighted by Gasteiger charge is -2.13. The Hall–Kier alpha value is -4.46. The van der Waals surface area contributed by atoms with Gasteiger partial charge in [0.25, 0.3) is 0 Å². The SMILES string of the molecule is O=C(NCc1cccnc1)Nc1cccc2c(NC(=O)NCc3cccnc3)cccc12. The van der Waals surface area contributed by atoms with Crippen LogP contribution in [0, 0.1) is 0 Å². The lowest BCUT2D eigenvalue weighted by atomic mass is 10.1. The summed E-state index contributed by atoms with van der Waals surface area (Å²) in [5.41, 5.74) is 3.10. The third kappa shape index (κ3) is 5.37. The van der Waals surface area contributed by atoms with Gasteiger partial charge in [-0.2, -0.15) is 0 Å². The maximum absolute atomic E-state index is 12.4. The van der Waals surface area contributed by atoms with Crippen LogP contribution in [-0.2, 0) is 13.1 Å². The molecule has 160 valence electrons. The molecule has 8 nitrogen and oxygen atoms in total. The highest BCUT2D eigenvalue weighted by Crippen LogP contribution is 2.29. The van der Waals surface area contributed by atoms with Crippen LogP contribution in [0.1, 0.15) is 11.1 Å². The second kappa shape index (κ2) is 10.0. The van der Waals surface area contributed by atoms with E-state index in [0.717, 1.165) is 21.9 Å². The van der Waals surface area contributed by atoms with Crippen molar-refractivity contribution >= 4 is 34.2 Å². The Morgan fingerprint density at radius 2 is 1.09 bits per heavy atom. The van der Waals surface area contributed by atoms with Crippen molar-refractivity contribution in [1.29, 1.82) is 0 Å². The van der Waals surface area contributed by atoms with E-state index in [1.807, 2.05) is 60.7 Å². The van der Waals surface area contributed by atoms with Crippen molar-refractivity contribution in [3.05, 3.63) is 96.6 Å². The lowest BCUT2D eigenvalue weighted by molar-refractivity contribution is 0.251. The zero-order valence-electron chi connectivity index (χ0n) is 17.2. The summed E-state index contributed by atoms with van der Waals surface area (Å²) in [4.78, 5) is 32.8. The van der Waals surface area contributed by atoms with Crippen LogP contribution in [0.15, 0.2) is 85.5 Å². The van der Waals surface area contributed by atoms with Gasteiger partial charge in [-0.3, -0.25) is 9.97 Å². The van der Waals surface area contributed by atoms with Crippen LogP contribution in [0.3, 0.4) is 0 Å². The van der Waals surface area contributed by atoms with Gasteiger partial charge in [-0.1, -0.05) is 36.4 Å². The Balaban J connectivity index is 1.42. The highest BCUT2D eigenvalue weighted by Gasteiger charge is 2.10. The summed E-state index contributed by atoms with van der Waals surface area (Å²) in [7, 11) is 0. The fourth-order valence-corrected chi connectivity index (χ4v) is 3.23. The van der Waals surface area contributed by atoms with Crippen LogP contribution in [0.25, 0.3) is 10.8 Å². The van der Waals surface area contributed by atoms with E-state index in [4.69, 9.17) is 0 Å². The molecule has 0 aliphatic heterocycles. The van der Waals surface area contributed by atoms with Crippen LogP contribution in [0.4, 0.5) is 21.0 Å². The second-order valence-electron chi connectivity index (χ2n) is 7.04. The monoisotopic (exact) mass is 426 g/mol. The van der Waals surface area contributed by atoms with Gasteiger partial charge in [-0.15, -0.1) is 0 Å². The minimum Gasteiger partial charge on any atom is -0.334 e. The fourth-order valence-electron chi connectivity index (χ4n) is 3.23. The van der Waals surface area contributed by atoms with Gasteiger partial charge in [0.15, 0.2) is 0 Å². The number of anilines is 2. The number of pyridine rings is 2. The highest BCUT2D eigenvalue weighted by atomic mass is 16.2. The molecule has 8 heteroatoms. The number of fused-ring (bicyclic) bond motifs is 1. The zero-order valence-corrected chi connectivity index (χ0v) is 17.2. The van der Waals surface area contributed by atoms with Gasteiger partial charge < -0.3 is 21.3 Å². The molecule has 0 unspecified atom stereocenters. The molecule has 4 rings (SSSR count). The molecular weight excluding hydrogens is 404 g/mol. The fraction of sp³-hybridized carbons (Fsp3) is 0.0833. The molecule has 0 aliphatic carbocycles. The van der Waals surface area contributed by atoms with Crippen molar-refractivity contribution < 1.29 is 9.59 Å². The Morgan fingerprint density at radius 1 is 0.625 bits per heavy atom. The maximum Gasteiger partial charge on any atom is 0.319 e. The number of urea groups is 2. The number of carbonyl (C=O) groups excluding carboxylic acids is 2. The predicted molar refractivity (Wildman–Crippen MR) is 124 cm³/mol. The van der Waals surface area contributed by atoms with Gasteiger partial charge in [-0.05, 0) is 35.4 Å². The van der Waals surface area contributed by atoms with Gasteiger partial charge >= 0.3 is 12.1 Å². The summed E-state index contributed by atoms with van der Waals surface area (Å²) in [6.45, 7) is 0.739. The van der Waals surface area contributed by atoms with Gasteiger partial charge in [0.2, 0.25) is 0 Å². The Kier molecular flexibility index (Phi) is 6.52. The molecule has 4 N–H and O–H groups in total. The molecule has 2 aromatic carbocycles. The van der Waals surface area contributed by atoms with Crippen LogP contribution >= 0.6 is 0 Å². The molecule has 0 radical (unpaired) electrons. The Labute approximate surface area is 185 Å². The first kappa shape index (κ1) is 20.8. The van der Waals surface area contributed by atoms with Gasteiger partial charge in [-0.25, -0.2) is 9.59 Å². The van der Waals surface area contributed by atoms with Crippen LogP contribution in [0.5, 0.6) is 0 Å². The molecule has 0 fully saturated rings. The normalized spacial score (nSPS) is 10.4. The molecule has 32 heavy (non-hydrogen) atoms. The van der Waals surface area contributed by atoms with Crippen LogP contribution in [0.2, 0.25) is 0 Å². The molecule has 4 aromatic rings. The number of nitrogens with zero attached hydrogens (tertiary/aromatic N) is 2. The van der Waals surface area contributed by atoms with E-state index >= 15 is 0 Å². The minimum absolute atomic E-state index is 0.325. The number of nitrogens with one attached hydrogen (secondary N) is 4. The number of hydrogen-bond acceptors (Lipinski definition) is 4. The van der Waals surface area contributed by atoms with E-state index < -0.39 is 0 Å². The summed E-state index contributed by atoms with van der Waals surface area (Å²) < 4.78 is 0. The van der Waals surface area contributed by atoms with E-state index in [2.05, 4.69) is 31.2 Å². The number of amides is 4. The second-order valence-corrected chi connectivity index (χ2v) is 7.04. The van der Waals surface area contributed by atoms with Crippen molar-refractivity contribution in [2.45, 2.75) is 13.1 Å². The standard InChI is InChI=1S/C24H22N6O2/c31-23(27-15-17-5-3-11-25-13-17)29-21-9-1-7-19-20(21)8-2-10-22(19)30-24(32)28-16-18-6-4-12-26-14-18/h1-14H,15-16H2,(H2,27,29,31)(H2,28,30,32). The average Bonchev–Trinajstić information content (AvgIpc) is 2.83. The van der Waals surface area contributed by atoms with Gasteiger partial charge in [0.1, 0.15) is 0 Å². The summed E-state index contributed by atoms with van der Waals surface area (Å²) >= 11 is 0. The molecule has 0 saturated carbocycles. The summed E-state index contributed by atoms with van der Waals surface area (Å²) in [5, 5.41) is 13.0. The topological polar surface area (TPSA) is 108 Å². The number of carbonyl (C=O) groups is 2. The molecule has 4 amide bonds.